The van der Waals surface area contributed by atoms with Crippen molar-refractivity contribution in [1.82, 2.24) is 0 Å². The fraction of sp³-hybridized carbons (Fsp3) is 0.538. The van der Waals surface area contributed by atoms with Crippen LogP contribution in [0.5, 0.6) is 5.75 Å². The second-order valence-corrected chi connectivity index (χ2v) is 4.51. The van der Waals surface area contributed by atoms with Crippen LogP contribution in [0.4, 0.5) is 4.39 Å². The van der Waals surface area contributed by atoms with E-state index in [2.05, 4.69) is 0 Å². The molecule has 0 bridgehead atoms. The van der Waals surface area contributed by atoms with Crippen molar-refractivity contribution in [3.05, 3.63) is 29.6 Å². The summed E-state index contributed by atoms with van der Waals surface area (Å²) in [5.41, 5.74) is 6.70. The first-order valence-corrected chi connectivity index (χ1v) is 5.77. The van der Waals surface area contributed by atoms with E-state index < -0.39 is 0 Å². The minimum atomic E-state index is -0.274. The molecule has 1 aromatic carbocycles. The Balaban J connectivity index is 2.02. The summed E-state index contributed by atoms with van der Waals surface area (Å²) in [4.78, 5) is 0. The summed E-state index contributed by atoms with van der Waals surface area (Å²) in [6.45, 7) is 0.753. The van der Waals surface area contributed by atoms with Crippen molar-refractivity contribution in [3.8, 4) is 5.75 Å². The SMILES string of the molecule is COc1ccc(CC2CCC2CN)cc1F. The van der Waals surface area contributed by atoms with E-state index in [0.717, 1.165) is 18.5 Å². The van der Waals surface area contributed by atoms with Crippen molar-refractivity contribution in [2.24, 2.45) is 17.6 Å². The Morgan fingerprint density at radius 3 is 2.62 bits per heavy atom. The molecule has 0 spiro atoms. The predicted octanol–water partition coefficient (Wildman–Crippen LogP) is 2.36. The molecule has 3 heteroatoms. The Bertz CT molecular complexity index is 365. The number of nitrogens with two attached hydrogens (primary N) is 1. The van der Waals surface area contributed by atoms with Gasteiger partial charge in [0.1, 0.15) is 0 Å². The molecule has 2 N–H and O–H groups in total. The molecule has 0 aliphatic heterocycles. The third-order valence-corrected chi connectivity index (χ3v) is 3.59. The van der Waals surface area contributed by atoms with Crippen LogP contribution in [0.1, 0.15) is 18.4 Å². The maximum atomic E-state index is 13.5. The van der Waals surface area contributed by atoms with Gasteiger partial charge in [-0.25, -0.2) is 4.39 Å². The summed E-state index contributed by atoms with van der Waals surface area (Å²) in [5.74, 6) is 1.30. The third-order valence-electron chi connectivity index (χ3n) is 3.59. The molecule has 1 saturated carbocycles. The van der Waals surface area contributed by atoms with Gasteiger partial charge in [-0.2, -0.15) is 0 Å². The maximum absolute atomic E-state index is 13.5. The minimum Gasteiger partial charge on any atom is -0.494 e. The minimum absolute atomic E-state index is 0.274. The predicted molar refractivity (Wildman–Crippen MR) is 61.9 cm³/mol. The molecular formula is C13H18FNO. The van der Waals surface area contributed by atoms with Crippen LogP contribution in [0.15, 0.2) is 18.2 Å². The van der Waals surface area contributed by atoms with Gasteiger partial charge in [-0.05, 0) is 55.3 Å². The smallest absolute Gasteiger partial charge is 0.165 e. The Morgan fingerprint density at radius 1 is 1.38 bits per heavy atom. The summed E-state index contributed by atoms with van der Waals surface area (Å²) in [6, 6.07) is 5.21. The molecule has 0 amide bonds. The molecule has 2 atom stereocenters. The van der Waals surface area contributed by atoms with E-state index in [1.165, 1.54) is 20.0 Å². The molecule has 88 valence electrons. The van der Waals surface area contributed by atoms with E-state index in [1.54, 1.807) is 12.1 Å². The lowest BCUT2D eigenvalue weighted by atomic mass is 9.71. The molecule has 0 heterocycles. The fourth-order valence-electron chi connectivity index (χ4n) is 2.36. The van der Waals surface area contributed by atoms with Gasteiger partial charge in [0.15, 0.2) is 11.6 Å². The molecule has 2 unspecified atom stereocenters. The van der Waals surface area contributed by atoms with Gasteiger partial charge < -0.3 is 10.5 Å². The molecule has 0 saturated heterocycles. The number of halogens is 1. The molecule has 1 aliphatic carbocycles. The zero-order valence-electron chi connectivity index (χ0n) is 9.58. The van der Waals surface area contributed by atoms with E-state index in [1.807, 2.05) is 6.07 Å². The molecule has 16 heavy (non-hydrogen) atoms. The van der Waals surface area contributed by atoms with Crippen LogP contribution in [-0.4, -0.2) is 13.7 Å². The lowest BCUT2D eigenvalue weighted by Gasteiger charge is -2.36. The van der Waals surface area contributed by atoms with E-state index in [9.17, 15) is 4.39 Å². The molecule has 0 aromatic heterocycles. The summed E-state index contributed by atoms with van der Waals surface area (Å²) < 4.78 is 18.3. The van der Waals surface area contributed by atoms with Crippen LogP contribution in [0.2, 0.25) is 0 Å². The number of ether oxygens (including phenoxy) is 1. The lowest BCUT2D eigenvalue weighted by molar-refractivity contribution is 0.183. The van der Waals surface area contributed by atoms with Crippen LogP contribution in [0, 0.1) is 17.7 Å². The lowest BCUT2D eigenvalue weighted by Crippen LogP contribution is -2.33. The summed E-state index contributed by atoms with van der Waals surface area (Å²) in [6.07, 6.45) is 3.37. The largest absolute Gasteiger partial charge is 0.494 e. The standard InChI is InChI=1S/C13H18FNO/c1-16-13-5-2-9(7-12(13)14)6-10-3-4-11(10)8-15/h2,5,7,10-11H,3-4,6,8,15H2,1H3. The van der Waals surface area contributed by atoms with E-state index >= 15 is 0 Å². The Morgan fingerprint density at radius 2 is 2.12 bits per heavy atom. The molecule has 1 aliphatic rings. The number of hydrogen-bond donors (Lipinski definition) is 1. The van der Waals surface area contributed by atoms with Gasteiger partial charge >= 0.3 is 0 Å². The quantitative estimate of drug-likeness (QED) is 0.850. The molecule has 0 radical (unpaired) electrons. The molecule has 2 nitrogen and oxygen atoms in total. The van der Waals surface area contributed by atoms with Crippen molar-refractivity contribution in [2.45, 2.75) is 19.3 Å². The molecular weight excluding hydrogens is 205 g/mol. The van der Waals surface area contributed by atoms with Gasteiger partial charge in [-0.15, -0.1) is 0 Å². The topological polar surface area (TPSA) is 35.2 Å². The summed E-state index contributed by atoms with van der Waals surface area (Å²) >= 11 is 0. The van der Waals surface area contributed by atoms with Crippen LogP contribution < -0.4 is 10.5 Å². The fourth-order valence-corrected chi connectivity index (χ4v) is 2.36. The normalized spacial score (nSPS) is 23.9. The number of rotatable bonds is 4. The van der Waals surface area contributed by atoms with E-state index in [4.69, 9.17) is 10.5 Å². The highest BCUT2D eigenvalue weighted by atomic mass is 19.1. The molecule has 2 rings (SSSR count). The van der Waals surface area contributed by atoms with Gasteiger partial charge in [0.05, 0.1) is 7.11 Å². The molecule has 1 fully saturated rings. The van der Waals surface area contributed by atoms with Crippen LogP contribution >= 0.6 is 0 Å². The van der Waals surface area contributed by atoms with E-state index in [0.29, 0.717) is 17.6 Å². The van der Waals surface area contributed by atoms with Crippen molar-refractivity contribution >= 4 is 0 Å². The zero-order valence-corrected chi connectivity index (χ0v) is 9.58. The van der Waals surface area contributed by atoms with E-state index in [-0.39, 0.29) is 5.82 Å². The average Bonchev–Trinajstić information content (AvgIpc) is 2.25. The van der Waals surface area contributed by atoms with Gasteiger partial charge in [-0.1, -0.05) is 6.07 Å². The maximum Gasteiger partial charge on any atom is 0.165 e. The van der Waals surface area contributed by atoms with Crippen LogP contribution in [-0.2, 0) is 6.42 Å². The first-order valence-electron chi connectivity index (χ1n) is 5.77. The van der Waals surface area contributed by atoms with Gasteiger partial charge in [-0.3, -0.25) is 0 Å². The number of hydrogen-bond acceptors (Lipinski definition) is 2. The van der Waals surface area contributed by atoms with Crippen molar-refractivity contribution in [1.29, 1.82) is 0 Å². The average molecular weight is 223 g/mol. The highest BCUT2D eigenvalue weighted by Crippen LogP contribution is 2.36. The van der Waals surface area contributed by atoms with Crippen LogP contribution in [0.3, 0.4) is 0 Å². The third kappa shape index (κ3) is 2.19. The van der Waals surface area contributed by atoms with Gasteiger partial charge in [0.2, 0.25) is 0 Å². The van der Waals surface area contributed by atoms with Crippen LogP contribution in [0.25, 0.3) is 0 Å². The van der Waals surface area contributed by atoms with Crippen molar-refractivity contribution < 1.29 is 9.13 Å². The first kappa shape index (κ1) is 11.4. The second-order valence-electron chi connectivity index (χ2n) is 4.51. The Kier molecular flexibility index (Phi) is 3.44. The summed E-state index contributed by atoms with van der Waals surface area (Å²) in [7, 11) is 1.48. The monoisotopic (exact) mass is 223 g/mol. The second kappa shape index (κ2) is 4.83. The first-order chi connectivity index (χ1) is 7.74. The highest BCUT2D eigenvalue weighted by molar-refractivity contribution is 5.29. The van der Waals surface area contributed by atoms with Crippen molar-refractivity contribution in [3.63, 3.8) is 0 Å². The number of methoxy groups -OCH3 is 1. The zero-order chi connectivity index (χ0) is 11.5. The highest BCUT2D eigenvalue weighted by Gasteiger charge is 2.29. The summed E-state index contributed by atoms with van der Waals surface area (Å²) in [5, 5.41) is 0. The number of benzene rings is 1. The Labute approximate surface area is 95.6 Å². The van der Waals surface area contributed by atoms with Crippen molar-refractivity contribution in [2.75, 3.05) is 13.7 Å². The Hall–Kier alpha value is -1.09. The molecule has 1 aromatic rings. The van der Waals surface area contributed by atoms with Gasteiger partial charge in [0.25, 0.3) is 0 Å². The van der Waals surface area contributed by atoms with Gasteiger partial charge in [0, 0.05) is 0 Å².